The Balaban J connectivity index is 1.69. The van der Waals surface area contributed by atoms with E-state index in [0.29, 0.717) is 6.54 Å². The van der Waals surface area contributed by atoms with Gasteiger partial charge in [0, 0.05) is 48.4 Å². The Labute approximate surface area is 158 Å². The van der Waals surface area contributed by atoms with Crippen molar-refractivity contribution in [1.82, 2.24) is 15.0 Å². The minimum Gasteiger partial charge on any atom is -0.378 e. The van der Waals surface area contributed by atoms with Crippen LogP contribution in [0.25, 0.3) is 22.3 Å². The third-order valence-electron chi connectivity index (χ3n) is 4.82. The van der Waals surface area contributed by atoms with Crippen LogP contribution in [0.5, 0.6) is 0 Å². The summed E-state index contributed by atoms with van der Waals surface area (Å²) in [7, 11) is 0. The monoisotopic (exact) mass is 366 g/mol. The average Bonchev–Trinajstić information content (AvgIpc) is 3.21. The Morgan fingerprint density at radius 1 is 1.15 bits per heavy atom. The van der Waals surface area contributed by atoms with E-state index in [1.54, 1.807) is 0 Å². The van der Waals surface area contributed by atoms with Crippen molar-refractivity contribution < 1.29 is 4.74 Å². The van der Waals surface area contributed by atoms with Gasteiger partial charge in [0.2, 0.25) is 0 Å². The van der Waals surface area contributed by atoms with Crippen LogP contribution in [0.15, 0.2) is 36.5 Å². The molecule has 2 aromatic heterocycles. The van der Waals surface area contributed by atoms with E-state index in [9.17, 15) is 0 Å². The van der Waals surface area contributed by atoms with E-state index < -0.39 is 0 Å². The SMILES string of the molecule is NCCCCNc1cc(N2CCOCC2)nc(-c2cccc3[nH]ccc23)n1. The first-order chi connectivity index (χ1) is 13.3. The molecule has 4 N–H and O–H groups in total. The summed E-state index contributed by atoms with van der Waals surface area (Å²) in [6.45, 7) is 4.71. The van der Waals surface area contributed by atoms with Crippen LogP contribution in [-0.4, -0.2) is 54.3 Å². The zero-order chi connectivity index (χ0) is 18.5. The van der Waals surface area contributed by atoms with E-state index >= 15 is 0 Å². The quantitative estimate of drug-likeness (QED) is 0.557. The van der Waals surface area contributed by atoms with Crippen molar-refractivity contribution in [2.75, 3.05) is 49.6 Å². The Kier molecular flexibility index (Phi) is 5.50. The molecule has 0 spiro atoms. The number of nitrogens with one attached hydrogen (secondary N) is 2. The highest BCUT2D eigenvalue weighted by Gasteiger charge is 2.16. The smallest absolute Gasteiger partial charge is 0.164 e. The zero-order valence-corrected chi connectivity index (χ0v) is 15.4. The highest BCUT2D eigenvalue weighted by molar-refractivity contribution is 5.93. The molecule has 1 aliphatic heterocycles. The van der Waals surface area contributed by atoms with Crippen molar-refractivity contribution >= 4 is 22.5 Å². The summed E-state index contributed by atoms with van der Waals surface area (Å²) in [6.07, 6.45) is 3.98. The van der Waals surface area contributed by atoms with Gasteiger partial charge in [-0.2, -0.15) is 0 Å². The van der Waals surface area contributed by atoms with Gasteiger partial charge in [0.1, 0.15) is 11.6 Å². The Morgan fingerprint density at radius 2 is 2.04 bits per heavy atom. The molecule has 1 aromatic carbocycles. The van der Waals surface area contributed by atoms with Gasteiger partial charge in [-0.1, -0.05) is 12.1 Å². The van der Waals surface area contributed by atoms with Gasteiger partial charge in [-0.3, -0.25) is 0 Å². The molecule has 27 heavy (non-hydrogen) atoms. The van der Waals surface area contributed by atoms with E-state index in [4.69, 9.17) is 20.4 Å². The van der Waals surface area contributed by atoms with Crippen LogP contribution in [0.4, 0.5) is 11.6 Å². The second-order valence-corrected chi connectivity index (χ2v) is 6.70. The van der Waals surface area contributed by atoms with E-state index in [1.165, 1.54) is 0 Å². The molecule has 0 atom stereocenters. The Morgan fingerprint density at radius 3 is 2.89 bits per heavy atom. The summed E-state index contributed by atoms with van der Waals surface area (Å²) >= 11 is 0. The van der Waals surface area contributed by atoms with E-state index in [2.05, 4.69) is 33.4 Å². The van der Waals surface area contributed by atoms with Crippen LogP contribution in [0, 0.1) is 0 Å². The lowest BCUT2D eigenvalue weighted by Crippen LogP contribution is -2.36. The Bertz CT molecular complexity index is 887. The van der Waals surface area contributed by atoms with E-state index in [-0.39, 0.29) is 0 Å². The Hall–Kier alpha value is -2.64. The topological polar surface area (TPSA) is 92.1 Å². The van der Waals surface area contributed by atoms with Crippen LogP contribution in [-0.2, 0) is 4.74 Å². The molecule has 1 saturated heterocycles. The second-order valence-electron chi connectivity index (χ2n) is 6.70. The number of rotatable bonds is 7. The van der Waals surface area contributed by atoms with Crippen LogP contribution in [0.1, 0.15) is 12.8 Å². The van der Waals surface area contributed by atoms with E-state index in [1.807, 2.05) is 18.3 Å². The minimum atomic E-state index is 0.714. The lowest BCUT2D eigenvalue weighted by atomic mass is 10.1. The largest absolute Gasteiger partial charge is 0.378 e. The number of hydrogen-bond acceptors (Lipinski definition) is 6. The third kappa shape index (κ3) is 4.04. The van der Waals surface area contributed by atoms with Crippen molar-refractivity contribution in [1.29, 1.82) is 0 Å². The van der Waals surface area contributed by atoms with Crippen molar-refractivity contribution in [2.45, 2.75) is 12.8 Å². The maximum atomic E-state index is 5.60. The fourth-order valence-electron chi connectivity index (χ4n) is 3.37. The second kappa shape index (κ2) is 8.37. The van der Waals surface area contributed by atoms with Gasteiger partial charge in [0.05, 0.1) is 13.2 Å². The fourth-order valence-corrected chi connectivity index (χ4v) is 3.37. The highest BCUT2D eigenvalue weighted by Crippen LogP contribution is 2.28. The van der Waals surface area contributed by atoms with Gasteiger partial charge < -0.3 is 25.7 Å². The molecule has 0 saturated carbocycles. The van der Waals surface area contributed by atoms with Crippen molar-refractivity contribution in [3.63, 3.8) is 0 Å². The van der Waals surface area contributed by atoms with Crippen molar-refractivity contribution in [2.24, 2.45) is 5.73 Å². The molecule has 4 rings (SSSR count). The first kappa shape index (κ1) is 17.8. The lowest BCUT2D eigenvalue weighted by molar-refractivity contribution is 0.122. The van der Waals surface area contributed by atoms with Crippen LogP contribution in [0.3, 0.4) is 0 Å². The van der Waals surface area contributed by atoms with Crippen LogP contribution in [0.2, 0.25) is 0 Å². The van der Waals surface area contributed by atoms with Crippen molar-refractivity contribution in [3.8, 4) is 11.4 Å². The van der Waals surface area contributed by atoms with Crippen LogP contribution < -0.4 is 16.0 Å². The maximum Gasteiger partial charge on any atom is 0.164 e. The minimum absolute atomic E-state index is 0.714. The number of aromatic nitrogens is 3. The predicted molar refractivity (Wildman–Crippen MR) is 109 cm³/mol. The number of aromatic amines is 1. The highest BCUT2D eigenvalue weighted by atomic mass is 16.5. The lowest BCUT2D eigenvalue weighted by Gasteiger charge is -2.28. The molecular weight excluding hydrogens is 340 g/mol. The molecule has 1 fully saturated rings. The van der Waals surface area contributed by atoms with Gasteiger partial charge in [-0.25, -0.2) is 9.97 Å². The number of ether oxygens (including phenoxy) is 1. The van der Waals surface area contributed by atoms with E-state index in [0.717, 1.165) is 79.6 Å². The third-order valence-corrected chi connectivity index (χ3v) is 4.82. The molecule has 7 heteroatoms. The number of unbranched alkanes of at least 4 members (excludes halogenated alkanes) is 1. The number of morpholine rings is 1. The normalized spacial score (nSPS) is 14.6. The molecule has 0 unspecified atom stereocenters. The number of fused-ring (bicyclic) bond motifs is 1. The van der Waals surface area contributed by atoms with Gasteiger partial charge >= 0.3 is 0 Å². The molecule has 3 heterocycles. The predicted octanol–water partition coefficient (Wildman–Crippen LogP) is 2.61. The summed E-state index contributed by atoms with van der Waals surface area (Å²) in [5.41, 5.74) is 7.72. The molecule has 0 radical (unpaired) electrons. The molecule has 7 nitrogen and oxygen atoms in total. The molecule has 0 bridgehead atoms. The average molecular weight is 366 g/mol. The number of benzene rings is 1. The van der Waals surface area contributed by atoms with Gasteiger partial charge in [0.15, 0.2) is 5.82 Å². The maximum absolute atomic E-state index is 5.60. The summed E-state index contributed by atoms with van der Waals surface area (Å²) in [6, 6.07) is 10.3. The molecule has 3 aromatic rings. The zero-order valence-electron chi connectivity index (χ0n) is 15.4. The summed E-state index contributed by atoms with van der Waals surface area (Å²) < 4.78 is 5.49. The molecule has 0 amide bonds. The van der Waals surface area contributed by atoms with Gasteiger partial charge in [0.25, 0.3) is 0 Å². The van der Waals surface area contributed by atoms with Gasteiger partial charge in [-0.15, -0.1) is 0 Å². The van der Waals surface area contributed by atoms with Gasteiger partial charge in [-0.05, 0) is 31.5 Å². The number of hydrogen-bond donors (Lipinski definition) is 3. The molecule has 142 valence electrons. The number of nitrogens with two attached hydrogens (primary N) is 1. The first-order valence-corrected chi connectivity index (χ1v) is 9.57. The fraction of sp³-hybridized carbons (Fsp3) is 0.400. The summed E-state index contributed by atoms with van der Waals surface area (Å²) in [4.78, 5) is 15.2. The first-order valence-electron chi connectivity index (χ1n) is 9.57. The van der Waals surface area contributed by atoms with Crippen LogP contribution >= 0.6 is 0 Å². The molecular formula is C20H26N6O. The molecule has 0 aliphatic carbocycles. The summed E-state index contributed by atoms with van der Waals surface area (Å²) in [5.74, 6) is 2.54. The number of anilines is 2. The summed E-state index contributed by atoms with van der Waals surface area (Å²) in [5, 5.41) is 4.57. The number of H-pyrrole nitrogens is 1. The standard InChI is InChI=1S/C20H26N6O/c21-7-1-2-8-23-18-14-19(26-10-12-27-13-11-26)25-20(24-18)16-4-3-5-17-15(16)6-9-22-17/h3-6,9,14,22H,1-2,7-8,10-13,21H2,(H,23,24,25). The van der Waals surface area contributed by atoms with Crippen molar-refractivity contribution in [3.05, 3.63) is 36.5 Å². The molecule has 1 aliphatic rings. The number of nitrogens with zero attached hydrogens (tertiary/aromatic N) is 3.